The summed E-state index contributed by atoms with van der Waals surface area (Å²) in [6, 6.07) is 12.2. The maximum absolute atomic E-state index is 11.7. The Hall–Kier alpha value is -2.11. The van der Waals surface area contributed by atoms with Crippen molar-refractivity contribution in [2.75, 3.05) is 20.2 Å². The van der Waals surface area contributed by atoms with Gasteiger partial charge < -0.3 is 14.9 Å². The highest BCUT2D eigenvalue weighted by atomic mass is 16.5. The third-order valence-electron chi connectivity index (χ3n) is 4.42. The van der Waals surface area contributed by atoms with Gasteiger partial charge >= 0.3 is 5.97 Å². The van der Waals surface area contributed by atoms with E-state index in [9.17, 15) is 4.79 Å². The summed E-state index contributed by atoms with van der Waals surface area (Å²) in [6.45, 7) is 4.12. The normalized spacial score (nSPS) is 21.5. The number of hydrogen-bond donors (Lipinski definition) is 1. The van der Waals surface area contributed by atoms with E-state index in [1.165, 1.54) is 12.7 Å². The number of carbonyl (C=O) groups excluding carboxylic acids is 1. The van der Waals surface area contributed by atoms with Crippen LogP contribution < -0.4 is 5.73 Å². The second kappa shape index (κ2) is 6.56. The summed E-state index contributed by atoms with van der Waals surface area (Å²) in [6.07, 6.45) is 0. The maximum atomic E-state index is 11.7. The molecule has 0 aliphatic carbocycles. The third kappa shape index (κ3) is 3.30. The molecular formula is C18H22N2O3. The zero-order valence-electron chi connectivity index (χ0n) is 13.5. The molecule has 2 N–H and O–H groups in total. The molecule has 122 valence electrons. The standard InChI is InChI=1S/C18H22N2O3/c1-12-15(18(21)22-2)8-14(23-12)9-20-10-16(17(19)11-20)13-6-4-3-5-7-13/h3-8,16-17H,9-11,19H2,1-2H3/t16-,17+/m0/s1. The molecule has 0 amide bonds. The smallest absolute Gasteiger partial charge is 0.341 e. The molecule has 2 aromatic rings. The fourth-order valence-electron chi connectivity index (χ4n) is 3.25. The van der Waals surface area contributed by atoms with E-state index in [2.05, 4.69) is 17.0 Å². The molecule has 2 heterocycles. The Kier molecular flexibility index (Phi) is 4.50. The van der Waals surface area contributed by atoms with Gasteiger partial charge in [0.15, 0.2) is 0 Å². The molecule has 1 aromatic carbocycles. The van der Waals surface area contributed by atoms with Crippen LogP contribution in [0.4, 0.5) is 0 Å². The van der Waals surface area contributed by atoms with Crippen molar-refractivity contribution in [3.8, 4) is 0 Å². The number of ether oxygens (including phenoxy) is 1. The molecule has 1 fully saturated rings. The minimum Gasteiger partial charge on any atom is -0.465 e. The van der Waals surface area contributed by atoms with E-state index in [4.69, 9.17) is 14.9 Å². The van der Waals surface area contributed by atoms with Crippen LogP contribution in [0, 0.1) is 6.92 Å². The summed E-state index contributed by atoms with van der Waals surface area (Å²) >= 11 is 0. The first-order chi connectivity index (χ1) is 11.1. The van der Waals surface area contributed by atoms with E-state index in [1.807, 2.05) is 18.2 Å². The van der Waals surface area contributed by atoms with E-state index < -0.39 is 0 Å². The van der Waals surface area contributed by atoms with Gasteiger partial charge in [-0.15, -0.1) is 0 Å². The van der Waals surface area contributed by atoms with Crippen LogP contribution in [0.25, 0.3) is 0 Å². The first-order valence-corrected chi connectivity index (χ1v) is 7.79. The van der Waals surface area contributed by atoms with Gasteiger partial charge in [0.05, 0.1) is 13.7 Å². The van der Waals surface area contributed by atoms with Crippen LogP contribution in [-0.2, 0) is 11.3 Å². The summed E-state index contributed by atoms with van der Waals surface area (Å²) in [7, 11) is 1.37. The molecule has 5 nitrogen and oxygen atoms in total. The number of hydrogen-bond acceptors (Lipinski definition) is 5. The van der Waals surface area contributed by atoms with Gasteiger partial charge in [-0.1, -0.05) is 30.3 Å². The predicted molar refractivity (Wildman–Crippen MR) is 87.2 cm³/mol. The van der Waals surface area contributed by atoms with Crippen LogP contribution in [0.15, 0.2) is 40.8 Å². The topological polar surface area (TPSA) is 68.7 Å². The molecule has 0 unspecified atom stereocenters. The van der Waals surface area contributed by atoms with Gasteiger partial charge in [-0.05, 0) is 18.6 Å². The van der Waals surface area contributed by atoms with E-state index >= 15 is 0 Å². The largest absolute Gasteiger partial charge is 0.465 e. The van der Waals surface area contributed by atoms with Gasteiger partial charge in [0, 0.05) is 25.0 Å². The van der Waals surface area contributed by atoms with Gasteiger partial charge in [-0.25, -0.2) is 4.79 Å². The molecule has 0 spiro atoms. The second-order valence-corrected chi connectivity index (χ2v) is 6.05. The molecule has 0 saturated carbocycles. The lowest BCUT2D eigenvalue weighted by Gasteiger charge is -2.15. The number of esters is 1. The van der Waals surface area contributed by atoms with Crippen LogP contribution in [0.1, 0.15) is 33.4 Å². The van der Waals surface area contributed by atoms with E-state index in [0.29, 0.717) is 23.8 Å². The van der Waals surface area contributed by atoms with Crippen molar-refractivity contribution in [1.82, 2.24) is 4.90 Å². The SMILES string of the molecule is COC(=O)c1cc(CN2C[C@@H](N)[C@H](c3ccccc3)C2)oc1C. The Morgan fingerprint density at radius 1 is 1.35 bits per heavy atom. The minimum absolute atomic E-state index is 0.105. The lowest BCUT2D eigenvalue weighted by atomic mass is 9.95. The number of methoxy groups -OCH3 is 1. The number of carbonyl (C=O) groups is 1. The van der Waals surface area contributed by atoms with Crippen LogP contribution in [0.5, 0.6) is 0 Å². The van der Waals surface area contributed by atoms with Crippen molar-refractivity contribution >= 4 is 5.97 Å². The Balaban J connectivity index is 1.69. The lowest BCUT2D eigenvalue weighted by Crippen LogP contribution is -2.28. The number of likely N-dealkylation sites (tertiary alicyclic amines) is 1. The Morgan fingerprint density at radius 3 is 2.78 bits per heavy atom. The highest BCUT2D eigenvalue weighted by Crippen LogP contribution is 2.28. The quantitative estimate of drug-likeness (QED) is 0.877. The summed E-state index contributed by atoms with van der Waals surface area (Å²) in [5.41, 5.74) is 8.08. The number of benzene rings is 1. The first-order valence-electron chi connectivity index (χ1n) is 7.79. The zero-order valence-corrected chi connectivity index (χ0v) is 13.5. The molecule has 0 bridgehead atoms. The molecule has 5 heteroatoms. The predicted octanol–water partition coefficient (Wildman–Crippen LogP) is 2.30. The number of nitrogens with zero attached hydrogens (tertiary/aromatic N) is 1. The fourth-order valence-corrected chi connectivity index (χ4v) is 3.25. The van der Waals surface area contributed by atoms with Gasteiger partial charge in [-0.3, -0.25) is 4.90 Å². The Labute approximate surface area is 136 Å². The average molecular weight is 314 g/mol. The van der Waals surface area contributed by atoms with Crippen LogP contribution in [0.2, 0.25) is 0 Å². The number of furan rings is 1. The lowest BCUT2D eigenvalue weighted by molar-refractivity contribution is 0.0599. The summed E-state index contributed by atoms with van der Waals surface area (Å²) < 4.78 is 10.5. The molecule has 1 saturated heterocycles. The molecule has 2 atom stereocenters. The molecule has 1 aliphatic heterocycles. The number of aryl methyl sites for hydroxylation is 1. The zero-order chi connectivity index (χ0) is 16.4. The highest BCUT2D eigenvalue weighted by molar-refractivity contribution is 5.90. The molecule has 1 aromatic heterocycles. The summed E-state index contributed by atoms with van der Waals surface area (Å²) in [5, 5.41) is 0. The van der Waals surface area contributed by atoms with Crippen LogP contribution >= 0.6 is 0 Å². The summed E-state index contributed by atoms with van der Waals surface area (Å²) in [4.78, 5) is 13.9. The van der Waals surface area contributed by atoms with E-state index in [1.54, 1.807) is 13.0 Å². The first kappa shape index (κ1) is 15.8. The highest BCUT2D eigenvalue weighted by Gasteiger charge is 2.31. The summed E-state index contributed by atoms with van der Waals surface area (Å²) in [5.74, 6) is 1.32. The second-order valence-electron chi connectivity index (χ2n) is 6.05. The van der Waals surface area contributed by atoms with Crippen LogP contribution in [0.3, 0.4) is 0 Å². The van der Waals surface area contributed by atoms with Gasteiger partial charge in [0.1, 0.15) is 17.1 Å². The van der Waals surface area contributed by atoms with E-state index in [-0.39, 0.29) is 12.0 Å². The third-order valence-corrected chi connectivity index (χ3v) is 4.42. The van der Waals surface area contributed by atoms with Gasteiger partial charge in [-0.2, -0.15) is 0 Å². The van der Waals surface area contributed by atoms with Crippen molar-refractivity contribution in [2.45, 2.75) is 25.4 Å². The molecule has 1 aliphatic rings. The molecular weight excluding hydrogens is 292 g/mol. The van der Waals surface area contributed by atoms with Gasteiger partial charge in [0.25, 0.3) is 0 Å². The minimum atomic E-state index is -0.363. The Bertz CT molecular complexity index is 681. The van der Waals surface area contributed by atoms with Gasteiger partial charge in [0.2, 0.25) is 0 Å². The van der Waals surface area contributed by atoms with E-state index in [0.717, 1.165) is 18.8 Å². The molecule has 23 heavy (non-hydrogen) atoms. The van der Waals surface area contributed by atoms with Crippen LogP contribution in [-0.4, -0.2) is 37.1 Å². The van der Waals surface area contributed by atoms with Crippen molar-refractivity contribution in [2.24, 2.45) is 5.73 Å². The van der Waals surface area contributed by atoms with Crippen molar-refractivity contribution in [1.29, 1.82) is 0 Å². The monoisotopic (exact) mass is 314 g/mol. The number of nitrogens with two attached hydrogens (primary N) is 1. The number of rotatable bonds is 4. The maximum Gasteiger partial charge on any atom is 0.341 e. The average Bonchev–Trinajstić information content (AvgIpc) is 3.10. The fraction of sp³-hybridized carbons (Fsp3) is 0.389. The van der Waals surface area contributed by atoms with Crippen molar-refractivity contribution < 1.29 is 13.9 Å². The molecule has 3 rings (SSSR count). The van der Waals surface area contributed by atoms with Crippen molar-refractivity contribution in [3.05, 3.63) is 59.0 Å². The van der Waals surface area contributed by atoms with Crippen molar-refractivity contribution in [3.63, 3.8) is 0 Å². The molecule has 0 radical (unpaired) electrons. The Morgan fingerprint density at radius 2 is 2.09 bits per heavy atom.